The van der Waals surface area contributed by atoms with Crippen molar-refractivity contribution in [3.63, 3.8) is 0 Å². The number of halogens is 5. The Morgan fingerprint density at radius 1 is 1.38 bits per heavy atom. The lowest BCUT2D eigenvalue weighted by Gasteiger charge is -1.99. The highest BCUT2D eigenvalue weighted by atomic mass is 79.9. The van der Waals surface area contributed by atoms with Crippen molar-refractivity contribution in [2.45, 2.75) is 6.18 Å². The average molecular weight is 193 g/mol. The first-order valence-electron chi connectivity index (χ1n) is 1.51. The van der Waals surface area contributed by atoms with E-state index in [0.717, 1.165) is 0 Å². The van der Waals surface area contributed by atoms with Gasteiger partial charge in [0.05, 0.1) is 0 Å². The summed E-state index contributed by atoms with van der Waals surface area (Å²) < 4.78 is 42.8. The minimum atomic E-state index is -4.59. The molecule has 0 aromatic carbocycles. The maximum absolute atomic E-state index is 11.1. The number of allylic oxidation sites excluding steroid dienone is 1. The minimum absolute atomic E-state index is 0.542. The molecule has 0 nitrogen and oxygen atoms in total. The Hall–Kier alpha value is -0.0600. The fourth-order valence-corrected chi connectivity index (χ4v) is 0.0619. The van der Waals surface area contributed by atoms with Gasteiger partial charge >= 0.3 is 6.18 Å². The van der Waals surface area contributed by atoms with Gasteiger partial charge in [0.15, 0.2) is 0 Å². The number of hydrogen-bond donors (Lipinski definition) is 0. The van der Waals surface area contributed by atoms with Gasteiger partial charge in [0.2, 0.25) is 0 Å². The molecule has 0 aliphatic rings. The van der Waals surface area contributed by atoms with Crippen molar-refractivity contribution in [2.24, 2.45) is 0 Å². The van der Waals surface area contributed by atoms with E-state index in [2.05, 4.69) is 0 Å². The third-order valence-corrected chi connectivity index (χ3v) is 0.989. The topological polar surface area (TPSA) is 0 Å². The summed E-state index contributed by atoms with van der Waals surface area (Å²) in [4.78, 5) is 0. The molecule has 0 amide bonds. The molecule has 0 aromatic rings. The van der Waals surface area contributed by atoms with Crippen LogP contribution in [0.3, 0.4) is 0 Å². The third kappa shape index (κ3) is 2.30. The van der Waals surface area contributed by atoms with Gasteiger partial charge in [0.1, 0.15) is 10.8 Å². The van der Waals surface area contributed by atoms with E-state index in [1.54, 1.807) is 0 Å². The Balaban J connectivity index is 4.03. The van der Waals surface area contributed by atoms with E-state index >= 15 is 0 Å². The van der Waals surface area contributed by atoms with Crippen LogP contribution in [0.25, 0.3) is 0 Å². The quantitative estimate of drug-likeness (QED) is 0.518. The summed E-state index contributed by atoms with van der Waals surface area (Å²) >= 11 is 1.96. The first kappa shape index (κ1) is 7.94. The standard InChI is InChI=1S/C3HBrF4/c4-2(1-5)3(6,7)8/h1H/b2-1-. The van der Waals surface area contributed by atoms with Crippen molar-refractivity contribution in [1.82, 2.24) is 0 Å². The van der Waals surface area contributed by atoms with Gasteiger partial charge in [-0.05, 0) is 15.9 Å². The molecule has 0 saturated carbocycles. The lowest BCUT2D eigenvalue weighted by atomic mass is 10.6. The van der Waals surface area contributed by atoms with E-state index in [0.29, 0.717) is 0 Å². The molecule has 0 heterocycles. The fourth-order valence-electron chi connectivity index (χ4n) is 0.0619. The number of alkyl halides is 3. The molecule has 0 bridgehead atoms. The third-order valence-electron chi connectivity index (χ3n) is 0.367. The Bertz CT molecular complexity index is 102. The van der Waals surface area contributed by atoms with E-state index < -0.39 is 17.0 Å². The molecule has 0 radical (unpaired) electrons. The van der Waals surface area contributed by atoms with E-state index in [9.17, 15) is 17.6 Å². The van der Waals surface area contributed by atoms with Crippen LogP contribution in [0, 0.1) is 0 Å². The SMILES string of the molecule is F/C=C(\Br)C(F)(F)F. The highest BCUT2D eigenvalue weighted by Gasteiger charge is 2.31. The lowest BCUT2D eigenvalue weighted by molar-refractivity contribution is -0.0836. The van der Waals surface area contributed by atoms with E-state index in [1.807, 2.05) is 15.9 Å². The van der Waals surface area contributed by atoms with Crippen LogP contribution in [0.1, 0.15) is 0 Å². The highest BCUT2D eigenvalue weighted by Crippen LogP contribution is 2.29. The predicted octanol–water partition coefficient (Wildman–Crippen LogP) is 2.75. The predicted molar refractivity (Wildman–Crippen MR) is 24.2 cm³/mol. The van der Waals surface area contributed by atoms with E-state index in [1.165, 1.54) is 0 Å². The van der Waals surface area contributed by atoms with Crippen LogP contribution < -0.4 is 0 Å². The molecule has 0 aromatic heterocycles. The Kier molecular flexibility index (Phi) is 2.46. The van der Waals surface area contributed by atoms with Gasteiger partial charge < -0.3 is 0 Å². The molecule has 8 heavy (non-hydrogen) atoms. The van der Waals surface area contributed by atoms with Gasteiger partial charge in [0.25, 0.3) is 0 Å². The van der Waals surface area contributed by atoms with Crippen molar-refractivity contribution in [3.05, 3.63) is 10.8 Å². The van der Waals surface area contributed by atoms with Crippen LogP contribution in [-0.2, 0) is 0 Å². The molecule has 5 heteroatoms. The molecular weight excluding hydrogens is 192 g/mol. The first-order chi connectivity index (χ1) is 3.48. The smallest absolute Gasteiger partial charge is 0.214 e. The summed E-state index contributed by atoms with van der Waals surface area (Å²) in [7, 11) is 0. The van der Waals surface area contributed by atoms with Gasteiger partial charge in [0, 0.05) is 0 Å². The molecule has 0 aliphatic carbocycles. The molecule has 0 aliphatic heterocycles. The molecular formula is C3HBrF4. The summed E-state index contributed by atoms with van der Waals surface area (Å²) in [6.45, 7) is 0. The zero-order valence-electron chi connectivity index (χ0n) is 3.47. The van der Waals surface area contributed by atoms with Crippen molar-refractivity contribution in [2.75, 3.05) is 0 Å². The monoisotopic (exact) mass is 192 g/mol. The maximum Gasteiger partial charge on any atom is 0.425 e. The van der Waals surface area contributed by atoms with Crippen LogP contribution in [0.15, 0.2) is 10.8 Å². The minimum Gasteiger partial charge on any atom is -0.214 e. The zero-order chi connectivity index (χ0) is 6.78. The van der Waals surface area contributed by atoms with Gasteiger partial charge in [-0.15, -0.1) is 0 Å². The lowest BCUT2D eigenvalue weighted by Crippen LogP contribution is -2.05. The number of rotatable bonds is 0. The van der Waals surface area contributed by atoms with E-state index in [4.69, 9.17) is 0 Å². The van der Waals surface area contributed by atoms with Gasteiger partial charge in [-0.3, -0.25) is 0 Å². The summed E-state index contributed by atoms with van der Waals surface area (Å²) in [6, 6.07) is 0. The second-order valence-electron chi connectivity index (χ2n) is 0.955. The molecule has 48 valence electrons. The van der Waals surface area contributed by atoms with Crippen LogP contribution in [0.2, 0.25) is 0 Å². The fraction of sp³-hybridized carbons (Fsp3) is 0.333. The summed E-state index contributed by atoms with van der Waals surface area (Å²) in [6.07, 6.45) is -5.13. The second-order valence-corrected chi connectivity index (χ2v) is 1.81. The van der Waals surface area contributed by atoms with Crippen molar-refractivity contribution >= 4 is 15.9 Å². The van der Waals surface area contributed by atoms with Gasteiger partial charge in [-0.1, -0.05) is 0 Å². The molecule has 0 unspecified atom stereocenters. The Morgan fingerprint density at radius 2 is 1.75 bits per heavy atom. The van der Waals surface area contributed by atoms with Crippen LogP contribution >= 0.6 is 15.9 Å². The van der Waals surface area contributed by atoms with Crippen molar-refractivity contribution < 1.29 is 17.6 Å². The maximum atomic E-state index is 11.1. The van der Waals surface area contributed by atoms with Gasteiger partial charge in [-0.25, -0.2) is 4.39 Å². The molecule has 0 rings (SSSR count). The zero-order valence-corrected chi connectivity index (χ0v) is 5.05. The van der Waals surface area contributed by atoms with Gasteiger partial charge in [-0.2, -0.15) is 13.2 Å². The largest absolute Gasteiger partial charge is 0.425 e. The van der Waals surface area contributed by atoms with Crippen LogP contribution in [-0.4, -0.2) is 6.18 Å². The second kappa shape index (κ2) is 2.48. The summed E-state index contributed by atoms with van der Waals surface area (Å²) in [5.74, 6) is 0. The Labute approximate surface area is 51.3 Å². The average Bonchev–Trinajstić information content (AvgIpc) is 1.62. The molecule has 0 atom stereocenters. The summed E-state index contributed by atoms with van der Waals surface area (Å²) in [5.41, 5.74) is 0. The van der Waals surface area contributed by atoms with Crippen molar-refractivity contribution in [3.8, 4) is 0 Å². The molecule has 0 fully saturated rings. The Morgan fingerprint density at radius 3 is 1.75 bits per heavy atom. The van der Waals surface area contributed by atoms with E-state index in [-0.39, 0.29) is 0 Å². The molecule has 0 saturated heterocycles. The van der Waals surface area contributed by atoms with Crippen LogP contribution in [0.5, 0.6) is 0 Å². The molecule has 0 N–H and O–H groups in total. The highest BCUT2D eigenvalue weighted by molar-refractivity contribution is 9.11. The van der Waals surface area contributed by atoms with Crippen molar-refractivity contribution in [1.29, 1.82) is 0 Å². The normalized spacial score (nSPS) is 14.4. The van der Waals surface area contributed by atoms with Crippen LogP contribution in [0.4, 0.5) is 17.6 Å². The number of hydrogen-bond acceptors (Lipinski definition) is 0. The summed E-state index contributed by atoms with van der Waals surface area (Å²) in [5, 5.41) is 0. The first-order valence-corrected chi connectivity index (χ1v) is 2.31. The molecule has 0 spiro atoms.